The quantitative estimate of drug-likeness (QED) is 0.685. The molecular formula is C15H20Br2N4O3. The van der Waals surface area contributed by atoms with E-state index in [4.69, 9.17) is 9.47 Å². The first-order chi connectivity index (χ1) is 11.2. The lowest BCUT2D eigenvalue weighted by molar-refractivity contribution is 0.0145. The van der Waals surface area contributed by atoms with Gasteiger partial charge in [-0.05, 0) is 59.1 Å². The van der Waals surface area contributed by atoms with E-state index in [1.807, 2.05) is 20.8 Å². The van der Waals surface area contributed by atoms with Crippen LogP contribution < -0.4 is 0 Å². The Kier molecular flexibility index (Phi) is 5.94. The molecule has 1 aromatic heterocycles. The maximum atomic E-state index is 12.5. The van der Waals surface area contributed by atoms with Crippen molar-refractivity contribution in [2.24, 2.45) is 0 Å². The molecular weight excluding hydrogens is 444 g/mol. The number of carbonyl (C=O) groups is 1. The molecule has 0 N–H and O–H groups in total. The number of hydrogen-bond donors (Lipinski definition) is 0. The van der Waals surface area contributed by atoms with E-state index in [2.05, 4.69) is 43.0 Å². The fourth-order valence-electron chi connectivity index (χ4n) is 2.69. The minimum Gasteiger partial charge on any atom is -0.444 e. The van der Waals surface area contributed by atoms with Gasteiger partial charge in [-0.25, -0.2) is 4.79 Å². The van der Waals surface area contributed by atoms with Gasteiger partial charge in [0.15, 0.2) is 0 Å². The number of nitrogens with zero attached hydrogens (tertiary/aromatic N) is 4. The Hall–Kier alpha value is -1.11. The number of aromatic nitrogens is 2. The molecule has 0 radical (unpaired) electrons. The van der Waals surface area contributed by atoms with Gasteiger partial charge in [-0.15, -0.1) is 0 Å². The third-order valence-corrected chi connectivity index (χ3v) is 4.96. The number of ether oxygens (including phenoxy) is 2. The van der Waals surface area contributed by atoms with E-state index in [1.165, 1.54) is 0 Å². The van der Waals surface area contributed by atoms with E-state index in [-0.39, 0.29) is 18.2 Å². The molecule has 0 bridgehead atoms. The van der Waals surface area contributed by atoms with Crippen molar-refractivity contribution in [3.63, 3.8) is 0 Å². The second-order valence-corrected chi connectivity index (χ2v) is 8.15. The van der Waals surface area contributed by atoms with Gasteiger partial charge in [0, 0.05) is 13.7 Å². The standard InChI is InChI=1S/C15H20Br2N4O3/c1-15(2,3)24-14(22)20-7-9(5-10(20)8-23-4)21-13(17)11(6-18)12(16)19-21/h9-10H,5,7-8H2,1-4H3/t9-,10+/m0/s1. The van der Waals surface area contributed by atoms with E-state index in [0.717, 1.165) is 0 Å². The van der Waals surface area contributed by atoms with Crippen LogP contribution in [0.3, 0.4) is 0 Å². The van der Waals surface area contributed by atoms with Crippen molar-refractivity contribution in [1.82, 2.24) is 14.7 Å². The zero-order valence-corrected chi connectivity index (χ0v) is 17.2. The molecule has 1 aliphatic rings. The Labute approximate surface area is 158 Å². The molecule has 1 amide bonds. The topological polar surface area (TPSA) is 80.4 Å². The summed E-state index contributed by atoms with van der Waals surface area (Å²) in [5.74, 6) is 0. The third-order valence-electron chi connectivity index (χ3n) is 3.65. The van der Waals surface area contributed by atoms with Gasteiger partial charge >= 0.3 is 6.09 Å². The molecule has 132 valence electrons. The van der Waals surface area contributed by atoms with E-state index < -0.39 is 5.60 Å². The van der Waals surface area contributed by atoms with Crippen LogP contribution in [-0.2, 0) is 9.47 Å². The van der Waals surface area contributed by atoms with Crippen LogP contribution in [0.15, 0.2) is 9.21 Å². The Bertz CT molecular complexity index is 663. The van der Waals surface area contributed by atoms with Crippen molar-refractivity contribution in [1.29, 1.82) is 5.26 Å². The molecule has 1 fully saturated rings. The molecule has 2 heterocycles. The third kappa shape index (κ3) is 4.10. The highest BCUT2D eigenvalue weighted by Crippen LogP contribution is 2.34. The van der Waals surface area contributed by atoms with Crippen LogP contribution in [0.25, 0.3) is 0 Å². The Balaban J connectivity index is 2.24. The van der Waals surface area contributed by atoms with E-state index in [1.54, 1.807) is 16.7 Å². The number of rotatable bonds is 3. The molecule has 0 aromatic carbocycles. The number of nitriles is 1. The number of amides is 1. The van der Waals surface area contributed by atoms with Gasteiger partial charge in [0.2, 0.25) is 0 Å². The maximum absolute atomic E-state index is 12.5. The number of likely N-dealkylation sites (tertiary alicyclic amines) is 1. The molecule has 24 heavy (non-hydrogen) atoms. The zero-order chi connectivity index (χ0) is 18.1. The lowest BCUT2D eigenvalue weighted by Gasteiger charge is -2.28. The average Bonchev–Trinajstić information content (AvgIpc) is 2.99. The summed E-state index contributed by atoms with van der Waals surface area (Å²) in [6, 6.07) is 1.94. The summed E-state index contributed by atoms with van der Waals surface area (Å²) >= 11 is 6.71. The van der Waals surface area contributed by atoms with E-state index in [9.17, 15) is 10.1 Å². The molecule has 1 aliphatic heterocycles. The van der Waals surface area contributed by atoms with Crippen molar-refractivity contribution in [2.75, 3.05) is 20.3 Å². The first kappa shape index (κ1) is 19.2. The second-order valence-electron chi connectivity index (χ2n) is 6.64. The average molecular weight is 464 g/mol. The predicted molar refractivity (Wildman–Crippen MR) is 94.6 cm³/mol. The summed E-state index contributed by atoms with van der Waals surface area (Å²) in [5.41, 5.74) is -0.121. The fourth-order valence-corrected chi connectivity index (χ4v) is 4.04. The minimum atomic E-state index is -0.559. The summed E-state index contributed by atoms with van der Waals surface area (Å²) in [6.45, 7) is 6.37. The van der Waals surface area contributed by atoms with E-state index >= 15 is 0 Å². The highest BCUT2D eigenvalue weighted by Gasteiger charge is 2.39. The number of hydrogen-bond acceptors (Lipinski definition) is 5. The van der Waals surface area contributed by atoms with Gasteiger partial charge in [0.25, 0.3) is 0 Å². The molecule has 0 spiro atoms. The predicted octanol–water partition coefficient (Wildman–Crippen LogP) is 3.48. The molecule has 7 nitrogen and oxygen atoms in total. The highest BCUT2D eigenvalue weighted by molar-refractivity contribution is 9.11. The summed E-state index contributed by atoms with van der Waals surface area (Å²) in [7, 11) is 1.61. The Morgan fingerprint density at radius 2 is 2.12 bits per heavy atom. The first-order valence-corrected chi connectivity index (χ1v) is 9.08. The Morgan fingerprint density at radius 1 is 1.46 bits per heavy atom. The summed E-state index contributed by atoms with van der Waals surface area (Å²) in [6.07, 6.45) is 0.305. The molecule has 1 aromatic rings. The molecule has 2 rings (SSSR count). The zero-order valence-electron chi connectivity index (χ0n) is 14.0. The van der Waals surface area contributed by atoms with Gasteiger partial charge in [-0.2, -0.15) is 10.4 Å². The molecule has 2 atom stereocenters. The largest absolute Gasteiger partial charge is 0.444 e. The van der Waals surface area contributed by atoms with Gasteiger partial charge < -0.3 is 14.4 Å². The minimum absolute atomic E-state index is 0.0644. The molecule has 0 aliphatic carbocycles. The van der Waals surface area contributed by atoms with Crippen LogP contribution in [-0.4, -0.2) is 52.7 Å². The summed E-state index contributed by atoms with van der Waals surface area (Å²) < 4.78 is 13.6. The molecule has 0 saturated carbocycles. The normalized spacial score (nSPS) is 21.0. The van der Waals surface area contributed by atoms with Crippen molar-refractivity contribution in [3.05, 3.63) is 14.8 Å². The SMILES string of the molecule is COC[C@H]1C[C@H](n2nc(Br)c(C#N)c2Br)CN1C(=O)OC(C)(C)C. The van der Waals surface area contributed by atoms with Crippen LogP contribution in [0.1, 0.15) is 38.8 Å². The number of methoxy groups -OCH3 is 1. The van der Waals surface area contributed by atoms with Crippen LogP contribution in [0, 0.1) is 11.3 Å². The van der Waals surface area contributed by atoms with Crippen LogP contribution in [0.2, 0.25) is 0 Å². The Morgan fingerprint density at radius 3 is 2.62 bits per heavy atom. The smallest absolute Gasteiger partial charge is 0.410 e. The van der Waals surface area contributed by atoms with Crippen LogP contribution in [0.4, 0.5) is 4.79 Å². The molecule has 1 saturated heterocycles. The second kappa shape index (κ2) is 7.42. The van der Waals surface area contributed by atoms with Crippen molar-refractivity contribution < 1.29 is 14.3 Å². The van der Waals surface area contributed by atoms with Gasteiger partial charge in [-0.1, -0.05) is 0 Å². The van der Waals surface area contributed by atoms with Crippen molar-refractivity contribution in [2.45, 2.75) is 44.9 Å². The van der Waals surface area contributed by atoms with Gasteiger partial charge in [-0.3, -0.25) is 4.68 Å². The van der Waals surface area contributed by atoms with Crippen molar-refractivity contribution in [3.8, 4) is 6.07 Å². The summed E-state index contributed by atoms with van der Waals surface area (Å²) in [5, 5.41) is 13.6. The van der Waals surface area contributed by atoms with E-state index in [0.29, 0.717) is 34.3 Å². The monoisotopic (exact) mass is 462 g/mol. The number of carbonyl (C=O) groups excluding carboxylic acids is 1. The maximum Gasteiger partial charge on any atom is 0.410 e. The molecule has 9 heteroatoms. The lowest BCUT2D eigenvalue weighted by Crippen LogP contribution is -2.41. The highest BCUT2D eigenvalue weighted by atomic mass is 79.9. The van der Waals surface area contributed by atoms with Crippen LogP contribution in [0.5, 0.6) is 0 Å². The van der Waals surface area contributed by atoms with Crippen LogP contribution >= 0.6 is 31.9 Å². The van der Waals surface area contributed by atoms with Gasteiger partial charge in [0.05, 0.1) is 18.7 Å². The molecule has 0 unspecified atom stereocenters. The lowest BCUT2D eigenvalue weighted by atomic mass is 10.2. The summed E-state index contributed by atoms with van der Waals surface area (Å²) in [4.78, 5) is 14.2. The fraction of sp³-hybridized carbons (Fsp3) is 0.667. The van der Waals surface area contributed by atoms with Crippen molar-refractivity contribution >= 4 is 38.0 Å². The first-order valence-electron chi connectivity index (χ1n) is 7.50. The van der Waals surface area contributed by atoms with Gasteiger partial charge in [0.1, 0.15) is 26.4 Å². The number of halogens is 2.